The van der Waals surface area contributed by atoms with Crippen molar-refractivity contribution >= 4 is 0 Å². The van der Waals surface area contributed by atoms with E-state index in [2.05, 4.69) is 6.07 Å². The predicted octanol–water partition coefficient (Wildman–Crippen LogP) is 2.89. The molecule has 0 saturated heterocycles. The van der Waals surface area contributed by atoms with E-state index >= 15 is 0 Å². The smallest absolute Gasteiger partial charge is 0.0946 e. The molecular formula is C15H21NO. The lowest BCUT2D eigenvalue weighted by atomic mass is 9.50. The summed E-state index contributed by atoms with van der Waals surface area (Å²) in [4.78, 5) is 0. The Morgan fingerprint density at radius 3 is 2.18 bits per heavy atom. The molecule has 0 spiro atoms. The third kappa shape index (κ3) is 1.91. The van der Waals surface area contributed by atoms with Gasteiger partial charge in [0, 0.05) is 12.2 Å². The van der Waals surface area contributed by atoms with Gasteiger partial charge in [-0.15, -0.1) is 0 Å². The highest BCUT2D eigenvalue weighted by Crippen LogP contribution is 2.58. The summed E-state index contributed by atoms with van der Waals surface area (Å²) in [5.41, 5.74) is 0.979. The van der Waals surface area contributed by atoms with E-state index in [0.717, 1.165) is 29.2 Å². The minimum Gasteiger partial charge on any atom is -0.396 e. The van der Waals surface area contributed by atoms with E-state index in [1.54, 1.807) is 0 Å². The molecule has 4 rings (SSSR count). The SMILES string of the molecule is N#C/C(=C\CCO)C1C2CC3CC(C2)CC1C3. The summed E-state index contributed by atoms with van der Waals surface area (Å²) < 4.78 is 0. The molecule has 0 radical (unpaired) electrons. The Morgan fingerprint density at radius 1 is 1.12 bits per heavy atom. The van der Waals surface area contributed by atoms with Crippen LogP contribution >= 0.6 is 0 Å². The predicted molar refractivity (Wildman–Crippen MR) is 65.9 cm³/mol. The molecule has 1 N–H and O–H groups in total. The summed E-state index contributed by atoms with van der Waals surface area (Å²) in [6, 6.07) is 2.41. The van der Waals surface area contributed by atoms with Crippen LogP contribution < -0.4 is 0 Å². The van der Waals surface area contributed by atoms with E-state index in [1.165, 1.54) is 32.1 Å². The first-order chi connectivity index (χ1) is 8.31. The van der Waals surface area contributed by atoms with Crippen LogP contribution in [0.15, 0.2) is 11.6 Å². The minimum absolute atomic E-state index is 0.165. The molecule has 0 aromatic heterocycles. The zero-order chi connectivity index (χ0) is 11.8. The van der Waals surface area contributed by atoms with Crippen molar-refractivity contribution in [2.45, 2.75) is 38.5 Å². The third-order valence-corrected chi connectivity index (χ3v) is 5.21. The molecule has 0 heterocycles. The monoisotopic (exact) mass is 231 g/mol. The molecule has 0 atom stereocenters. The maximum absolute atomic E-state index is 9.34. The van der Waals surface area contributed by atoms with Crippen molar-refractivity contribution in [3.8, 4) is 6.07 Å². The van der Waals surface area contributed by atoms with Crippen molar-refractivity contribution in [2.24, 2.45) is 29.6 Å². The van der Waals surface area contributed by atoms with Crippen LogP contribution in [0.1, 0.15) is 38.5 Å². The van der Waals surface area contributed by atoms with Crippen molar-refractivity contribution in [3.05, 3.63) is 11.6 Å². The van der Waals surface area contributed by atoms with Crippen LogP contribution in [0.25, 0.3) is 0 Å². The number of hydrogen-bond donors (Lipinski definition) is 1. The number of hydrogen-bond acceptors (Lipinski definition) is 2. The van der Waals surface area contributed by atoms with Crippen molar-refractivity contribution in [2.75, 3.05) is 6.61 Å². The molecule has 0 unspecified atom stereocenters. The molecule has 17 heavy (non-hydrogen) atoms. The Kier molecular flexibility index (Phi) is 2.96. The van der Waals surface area contributed by atoms with Crippen molar-refractivity contribution in [1.29, 1.82) is 5.26 Å². The Labute approximate surface area is 103 Å². The fourth-order valence-corrected chi connectivity index (χ4v) is 4.91. The van der Waals surface area contributed by atoms with Crippen molar-refractivity contribution in [1.82, 2.24) is 0 Å². The quantitative estimate of drug-likeness (QED) is 0.759. The lowest BCUT2D eigenvalue weighted by Gasteiger charge is -2.54. The molecule has 4 saturated carbocycles. The highest BCUT2D eigenvalue weighted by molar-refractivity contribution is 5.27. The van der Waals surface area contributed by atoms with E-state index in [1.807, 2.05) is 6.08 Å². The van der Waals surface area contributed by atoms with Gasteiger partial charge in [0.1, 0.15) is 0 Å². The van der Waals surface area contributed by atoms with Crippen LogP contribution in [0.3, 0.4) is 0 Å². The summed E-state index contributed by atoms with van der Waals surface area (Å²) in [5.74, 6) is 4.00. The topological polar surface area (TPSA) is 44.0 Å². The number of aliphatic hydroxyl groups is 1. The number of nitriles is 1. The fourth-order valence-electron chi connectivity index (χ4n) is 4.91. The van der Waals surface area contributed by atoms with Gasteiger partial charge in [0.25, 0.3) is 0 Å². The average Bonchev–Trinajstić information content (AvgIpc) is 2.31. The highest BCUT2D eigenvalue weighted by atomic mass is 16.2. The molecule has 4 aliphatic carbocycles. The molecule has 0 aliphatic heterocycles. The zero-order valence-corrected chi connectivity index (χ0v) is 10.3. The van der Waals surface area contributed by atoms with Crippen LogP contribution in [0, 0.1) is 40.9 Å². The van der Waals surface area contributed by atoms with Gasteiger partial charge in [-0.25, -0.2) is 0 Å². The fraction of sp³-hybridized carbons (Fsp3) is 0.800. The van der Waals surface area contributed by atoms with Gasteiger partial charge in [-0.2, -0.15) is 5.26 Å². The molecular weight excluding hydrogens is 210 g/mol. The van der Waals surface area contributed by atoms with Gasteiger partial charge in [0.15, 0.2) is 0 Å². The molecule has 4 aliphatic rings. The second kappa shape index (κ2) is 4.46. The highest BCUT2D eigenvalue weighted by Gasteiger charge is 2.49. The van der Waals surface area contributed by atoms with Crippen molar-refractivity contribution in [3.63, 3.8) is 0 Å². The molecule has 2 nitrogen and oxygen atoms in total. The largest absolute Gasteiger partial charge is 0.396 e. The minimum atomic E-state index is 0.165. The first-order valence-electron chi connectivity index (χ1n) is 7.02. The third-order valence-electron chi connectivity index (χ3n) is 5.21. The second-order valence-electron chi connectivity index (χ2n) is 6.24. The maximum Gasteiger partial charge on any atom is 0.0946 e. The van der Waals surface area contributed by atoms with E-state index in [9.17, 15) is 5.26 Å². The summed E-state index contributed by atoms with van der Waals surface area (Å²) in [6.45, 7) is 0.165. The average molecular weight is 231 g/mol. The lowest BCUT2D eigenvalue weighted by Crippen LogP contribution is -2.45. The van der Waals surface area contributed by atoms with Gasteiger partial charge in [-0.1, -0.05) is 6.08 Å². The second-order valence-corrected chi connectivity index (χ2v) is 6.24. The standard InChI is InChI=1S/C15H21NO/c16-9-12(2-1-3-17)15-13-5-10-4-11(7-13)8-14(15)6-10/h2,10-11,13-15,17H,1,3-8H2/b12-2+. The van der Waals surface area contributed by atoms with E-state index in [4.69, 9.17) is 5.11 Å². The first-order valence-corrected chi connectivity index (χ1v) is 7.02. The molecule has 92 valence electrons. The molecule has 4 bridgehead atoms. The van der Waals surface area contributed by atoms with Gasteiger partial charge in [0.05, 0.1) is 6.07 Å². The van der Waals surface area contributed by atoms with Crippen LogP contribution in [0.5, 0.6) is 0 Å². The first kappa shape index (κ1) is 11.3. The number of aliphatic hydroxyl groups excluding tert-OH is 1. The Hall–Kier alpha value is -0.810. The Balaban J connectivity index is 1.81. The van der Waals surface area contributed by atoms with E-state index in [0.29, 0.717) is 12.3 Å². The van der Waals surface area contributed by atoms with Gasteiger partial charge < -0.3 is 5.11 Å². The van der Waals surface area contributed by atoms with Crippen LogP contribution in [-0.2, 0) is 0 Å². The normalized spacial score (nSPS) is 43.8. The molecule has 2 heteroatoms. The molecule has 0 aromatic carbocycles. The van der Waals surface area contributed by atoms with Crippen LogP contribution in [0.4, 0.5) is 0 Å². The number of nitrogens with zero attached hydrogens (tertiary/aromatic N) is 1. The summed E-state index contributed by atoms with van der Waals surface area (Å²) in [7, 11) is 0. The van der Waals surface area contributed by atoms with Crippen molar-refractivity contribution < 1.29 is 5.11 Å². The molecule has 0 amide bonds. The summed E-state index contributed by atoms with van der Waals surface area (Å²) in [5, 5.41) is 18.2. The van der Waals surface area contributed by atoms with E-state index < -0.39 is 0 Å². The maximum atomic E-state index is 9.34. The lowest BCUT2D eigenvalue weighted by molar-refractivity contribution is -0.0192. The molecule has 4 fully saturated rings. The summed E-state index contributed by atoms with van der Waals surface area (Å²) in [6.07, 6.45) is 9.53. The Bertz CT molecular complexity index is 338. The zero-order valence-electron chi connectivity index (χ0n) is 10.3. The number of rotatable bonds is 3. The van der Waals surface area contributed by atoms with E-state index in [-0.39, 0.29) is 6.61 Å². The summed E-state index contributed by atoms with van der Waals surface area (Å²) >= 11 is 0. The van der Waals surface area contributed by atoms with Crippen LogP contribution in [0.2, 0.25) is 0 Å². The Morgan fingerprint density at radius 2 is 1.71 bits per heavy atom. The van der Waals surface area contributed by atoms with Gasteiger partial charge in [-0.05, 0) is 68.1 Å². The molecule has 0 aromatic rings. The van der Waals surface area contributed by atoms with Crippen LogP contribution in [-0.4, -0.2) is 11.7 Å². The van der Waals surface area contributed by atoms with Gasteiger partial charge >= 0.3 is 0 Å². The number of allylic oxidation sites excluding steroid dienone is 1. The van der Waals surface area contributed by atoms with Gasteiger partial charge in [0.2, 0.25) is 0 Å². The van der Waals surface area contributed by atoms with Gasteiger partial charge in [-0.3, -0.25) is 0 Å².